The van der Waals surface area contributed by atoms with Crippen molar-refractivity contribution >= 4 is 12.3 Å². The lowest BCUT2D eigenvalue weighted by Crippen LogP contribution is -2.35. The Kier molecular flexibility index (Phi) is 5.49. The molecule has 0 fully saturated rings. The van der Waals surface area contributed by atoms with Crippen LogP contribution in [0.15, 0.2) is 30.3 Å². The van der Waals surface area contributed by atoms with Gasteiger partial charge in [-0.3, -0.25) is 0 Å². The Hall–Kier alpha value is -2.82. The molecule has 0 aromatic heterocycles. The molecule has 2 aromatic carbocycles. The van der Waals surface area contributed by atoms with Gasteiger partial charge in [-0.25, -0.2) is 0 Å². The average Bonchev–Trinajstić information content (AvgIpc) is 2.66. The molecule has 1 aliphatic rings. The summed E-state index contributed by atoms with van der Waals surface area (Å²) in [4.78, 5) is 2.17. The van der Waals surface area contributed by atoms with Crippen LogP contribution in [-0.4, -0.2) is 39.4 Å². The van der Waals surface area contributed by atoms with Gasteiger partial charge in [0.15, 0.2) is 23.0 Å². The van der Waals surface area contributed by atoms with Crippen LogP contribution in [-0.2, 0) is 0 Å². The predicted molar refractivity (Wildman–Crippen MR) is 107 cm³/mol. The van der Waals surface area contributed by atoms with Crippen LogP contribution >= 0.6 is 0 Å². The molecule has 3 rings (SSSR count). The average molecular weight is 369 g/mol. The van der Waals surface area contributed by atoms with E-state index in [4.69, 9.17) is 18.9 Å². The Labute approximate surface area is 160 Å². The van der Waals surface area contributed by atoms with Crippen LogP contribution in [0.5, 0.6) is 23.0 Å². The summed E-state index contributed by atoms with van der Waals surface area (Å²) >= 11 is 0. The number of benzene rings is 2. The minimum absolute atomic E-state index is 0.0811. The Morgan fingerprint density at radius 3 is 2.00 bits per heavy atom. The Morgan fingerprint density at radius 2 is 1.41 bits per heavy atom. The molecule has 144 valence electrons. The molecule has 5 heteroatoms. The van der Waals surface area contributed by atoms with E-state index < -0.39 is 0 Å². The van der Waals surface area contributed by atoms with Crippen molar-refractivity contribution in [2.75, 3.05) is 28.4 Å². The van der Waals surface area contributed by atoms with Crippen molar-refractivity contribution in [1.82, 2.24) is 4.90 Å². The summed E-state index contributed by atoms with van der Waals surface area (Å²) in [7, 11) is 7.03. The number of hydrogen-bond acceptors (Lipinski definition) is 5. The van der Waals surface area contributed by atoms with Gasteiger partial charge in [-0.05, 0) is 55.0 Å². The number of hydrogen-bond donors (Lipinski definition) is 0. The second kappa shape index (κ2) is 7.82. The maximum atomic E-state index is 5.83. The van der Waals surface area contributed by atoms with Gasteiger partial charge in [0.1, 0.15) is 0 Å². The van der Waals surface area contributed by atoms with Gasteiger partial charge >= 0.3 is 0 Å². The van der Waals surface area contributed by atoms with Crippen LogP contribution in [0.1, 0.15) is 25.5 Å². The van der Waals surface area contributed by atoms with Crippen molar-refractivity contribution < 1.29 is 18.9 Å². The van der Waals surface area contributed by atoms with Gasteiger partial charge in [0.2, 0.25) is 0 Å². The zero-order valence-electron chi connectivity index (χ0n) is 16.8. The normalized spacial score (nSPS) is 15.5. The lowest BCUT2D eigenvalue weighted by molar-refractivity contribution is 0.230. The summed E-state index contributed by atoms with van der Waals surface area (Å²) in [5.74, 6) is 2.94. The van der Waals surface area contributed by atoms with Gasteiger partial charge in [-0.2, -0.15) is 0 Å². The number of ether oxygens (including phenoxy) is 4. The van der Waals surface area contributed by atoms with E-state index in [9.17, 15) is 0 Å². The van der Waals surface area contributed by atoms with Crippen LogP contribution in [0.2, 0.25) is 0 Å². The Bertz CT molecular complexity index is 936. The molecule has 5 nitrogen and oxygen atoms in total. The first kappa shape index (κ1) is 19.0. The first-order valence-electron chi connectivity index (χ1n) is 8.99. The highest BCUT2D eigenvalue weighted by Gasteiger charge is 2.19. The van der Waals surface area contributed by atoms with Crippen molar-refractivity contribution in [2.24, 2.45) is 0 Å². The van der Waals surface area contributed by atoms with Crippen LogP contribution < -0.4 is 29.4 Å². The van der Waals surface area contributed by atoms with Gasteiger partial charge in [0.05, 0.1) is 33.5 Å². The van der Waals surface area contributed by atoms with Crippen molar-refractivity contribution in [1.29, 1.82) is 0 Å². The number of methoxy groups -OCH3 is 3. The third-order valence-electron chi connectivity index (χ3n) is 4.60. The van der Waals surface area contributed by atoms with Crippen molar-refractivity contribution in [3.8, 4) is 23.0 Å². The van der Waals surface area contributed by atoms with Crippen molar-refractivity contribution in [3.63, 3.8) is 0 Å². The summed E-state index contributed by atoms with van der Waals surface area (Å²) in [5.41, 5.74) is 1.13. The van der Waals surface area contributed by atoms with Crippen LogP contribution in [0.4, 0.5) is 0 Å². The second-order valence-corrected chi connectivity index (χ2v) is 6.82. The molecular weight excluding hydrogens is 342 g/mol. The summed E-state index contributed by atoms with van der Waals surface area (Å²) in [6, 6.07) is 10.2. The molecule has 1 heterocycles. The molecule has 0 N–H and O–H groups in total. The number of rotatable bonds is 6. The fourth-order valence-electron chi connectivity index (χ4n) is 3.30. The third-order valence-corrected chi connectivity index (χ3v) is 4.60. The van der Waals surface area contributed by atoms with E-state index in [1.807, 2.05) is 38.1 Å². The van der Waals surface area contributed by atoms with E-state index >= 15 is 0 Å². The molecule has 27 heavy (non-hydrogen) atoms. The van der Waals surface area contributed by atoms with Crippen LogP contribution in [0.25, 0.3) is 12.3 Å². The highest BCUT2D eigenvalue weighted by molar-refractivity contribution is 5.54. The summed E-state index contributed by atoms with van der Waals surface area (Å²) in [6.07, 6.45) is 4.43. The molecule has 2 aromatic rings. The maximum Gasteiger partial charge on any atom is 0.161 e. The van der Waals surface area contributed by atoms with Gasteiger partial charge in [0, 0.05) is 18.5 Å². The largest absolute Gasteiger partial charge is 0.493 e. The second-order valence-electron chi connectivity index (χ2n) is 6.82. The molecule has 0 spiro atoms. The van der Waals surface area contributed by atoms with E-state index in [2.05, 4.69) is 30.3 Å². The summed E-state index contributed by atoms with van der Waals surface area (Å²) in [6.45, 7) is 4.01. The molecule has 0 radical (unpaired) electrons. The van der Waals surface area contributed by atoms with Crippen molar-refractivity contribution in [2.45, 2.75) is 26.0 Å². The van der Waals surface area contributed by atoms with E-state index in [-0.39, 0.29) is 12.1 Å². The lowest BCUT2D eigenvalue weighted by atomic mass is 10.0. The quantitative estimate of drug-likeness (QED) is 0.783. The molecule has 0 amide bonds. The number of nitrogens with zero attached hydrogens (tertiary/aromatic N) is 1. The molecule has 0 saturated heterocycles. The molecule has 0 aliphatic carbocycles. The molecular formula is C22H27NO4. The predicted octanol–water partition coefficient (Wildman–Crippen LogP) is 2.70. The topological polar surface area (TPSA) is 40.2 Å². The molecule has 1 unspecified atom stereocenters. The highest BCUT2D eigenvalue weighted by Crippen LogP contribution is 2.34. The van der Waals surface area contributed by atoms with E-state index in [0.717, 1.165) is 39.0 Å². The SMILES string of the molecule is COc1cc2c(cc1OC)=CN(C)C(c1ccc(OC(C)C)c(OC)c1)C=2. The minimum Gasteiger partial charge on any atom is -0.493 e. The Morgan fingerprint density at radius 1 is 0.815 bits per heavy atom. The molecule has 1 atom stereocenters. The fraction of sp³-hybridized carbons (Fsp3) is 0.364. The zero-order valence-corrected chi connectivity index (χ0v) is 16.8. The first-order chi connectivity index (χ1) is 13.0. The van der Waals surface area contributed by atoms with E-state index in [1.165, 1.54) is 0 Å². The minimum atomic E-state index is 0.0811. The smallest absolute Gasteiger partial charge is 0.161 e. The Balaban J connectivity index is 2.05. The lowest BCUT2D eigenvalue weighted by Gasteiger charge is -2.28. The fourth-order valence-corrected chi connectivity index (χ4v) is 3.30. The van der Waals surface area contributed by atoms with Crippen molar-refractivity contribution in [3.05, 3.63) is 46.3 Å². The molecule has 1 aliphatic heterocycles. The van der Waals surface area contributed by atoms with E-state index in [1.54, 1.807) is 21.3 Å². The highest BCUT2D eigenvalue weighted by atomic mass is 16.5. The van der Waals surface area contributed by atoms with Gasteiger partial charge in [0.25, 0.3) is 0 Å². The van der Waals surface area contributed by atoms with Gasteiger partial charge in [-0.1, -0.05) is 6.07 Å². The zero-order chi connectivity index (χ0) is 19.6. The molecule has 0 bridgehead atoms. The number of fused-ring (bicyclic) bond motifs is 1. The maximum absolute atomic E-state index is 5.83. The summed E-state index contributed by atoms with van der Waals surface area (Å²) < 4.78 is 22.2. The standard InChI is InChI=1S/C22H27NO4/c1-14(2)27-19-8-7-15(10-20(19)24-4)18-9-16-11-21(25-5)22(26-6)12-17(16)13-23(18)3/h7-14,18H,1-6H3. The van der Waals surface area contributed by atoms with Crippen LogP contribution in [0, 0.1) is 0 Å². The monoisotopic (exact) mass is 369 g/mol. The summed E-state index contributed by atoms with van der Waals surface area (Å²) in [5, 5.41) is 2.20. The van der Waals surface area contributed by atoms with Gasteiger partial charge < -0.3 is 23.8 Å². The van der Waals surface area contributed by atoms with Crippen LogP contribution in [0.3, 0.4) is 0 Å². The first-order valence-corrected chi connectivity index (χ1v) is 8.99. The van der Waals surface area contributed by atoms with Gasteiger partial charge in [-0.15, -0.1) is 0 Å². The third kappa shape index (κ3) is 3.82. The van der Waals surface area contributed by atoms with E-state index in [0.29, 0.717) is 0 Å². The molecule has 0 saturated carbocycles.